The van der Waals surface area contributed by atoms with Gasteiger partial charge in [-0.1, -0.05) is 0 Å². The van der Waals surface area contributed by atoms with Crippen LogP contribution >= 0.6 is 24.4 Å². The summed E-state index contributed by atoms with van der Waals surface area (Å²) in [7, 11) is 0. The molecule has 12 heavy (non-hydrogen) atoms. The topological polar surface area (TPSA) is 173 Å². The molecular weight excluding hydrogens is 200 g/mol. The summed E-state index contributed by atoms with van der Waals surface area (Å²) in [5.41, 5.74) is 27.0. The third-order valence-corrected chi connectivity index (χ3v) is 0. The van der Waals surface area contributed by atoms with E-state index in [0.717, 1.165) is 0 Å². The van der Waals surface area contributed by atoms with Crippen molar-refractivity contribution in [2.45, 2.75) is 0 Å². The van der Waals surface area contributed by atoms with Gasteiger partial charge < -0.3 is 34.4 Å². The van der Waals surface area contributed by atoms with Crippen LogP contribution in [0.5, 0.6) is 0 Å². The summed E-state index contributed by atoms with van der Waals surface area (Å²) in [5.74, 6) is 0. The van der Waals surface area contributed by atoms with Gasteiger partial charge in [0, 0.05) is 0 Å². The summed E-state index contributed by atoms with van der Waals surface area (Å²) in [6.45, 7) is 0. The lowest BCUT2D eigenvalue weighted by molar-refractivity contribution is 0.256. The Morgan fingerprint density at radius 3 is 0.750 bits per heavy atom. The van der Waals surface area contributed by atoms with Gasteiger partial charge in [0.1, 0.15) is 0 Å². The highest BCUT2D eigenvalue weighted by atomic mass is 32.1. The van der Waals surface area contributed by atoms with E-state index in [1.165, 1.54) is 0 Å². The zero-order chi connectivity index (χ0) is 10.7. The number of carbonyl (C=O) groups excluding carboxylic acids is 1. The zero-order valence-corrected chi connectivity index (χ0v) is 7.82. The molecule has 0 rings (SSSR count). The van der Waals surface area contributed by atoms with Crippen LogP contribution in [0.3, 0.4) is 0 Å². The Hall–Kier alpha value is -1.35. The number of rotatable bonds is 0. The lowest BCUT2D eigenvalue weighted by Crippen LogP contribution is -2.18. The maximum absolute atomic E-state index is 9.00. The quantitative estimate of drug-likeness (QED) is 0.239. The smallest absolute Gasteiger partial charge is 0.309 e. The summed E-state index contributed by atoms with van der Waals surface area (Å²) < 4.78 is 0. The Morgan fingerprint density at radius 2 is 0.750 bits per heavy atom. The molecule has 0 atom stereocenters. The van der Waals surface area contributed by atoms with Crippen LogP contribution in [-0.4, -0.2) is 16.3 Å². The predicted octanol–water partition coefficient (Wildman–Crippen LogP) is -2.60. The van der Waals surface area contributed by atoms with Crippen molar-refractivity contribution in [3.05, 3.63) is 0 Å². The molecule has 0 aromatic heterocycles. The molecule has 0 radical (unpaired) electrons. The number of amides is 2. The molecule has 0 aromatic carbocycles. The first-order chi connectivity index (χ1) is 5.20. The Kier molecular flexibility index (Phi) is 17.4. The number of carbonyl (C=O) groups is 1. The van der Waals surface area contributed by atoms with E-state index in [2.05, 4.69) is 58.8 Å². The van der Waals surface area contributed by atoms with Crippen molar-refractivity contribution in [2.75, 3.05) is 0 Å². The second-order valence-electron chi connectivity index (χ2n) is 1.21. The van der Waals surface area contributed by atoms with Crippen LogP contribution in [0, 0.1) is 0 Å². The van der Waals surface area contributed by atoms with E-state index in [1.54, 1.807) is 0 Å². The highest BCUT2D eigenvalue weighted by Gasteiger charge is 1.60. The highest BCUT2D eigenvalue weighted by molar-refractivity contribution is 7.80. The van der Waals surface area contributed by atoms with Gasteiger partial charge in [-0.2, -0.15) is 0 Å². The Bertz CT molecular complexity index is 118. The maximum Gasteiger partial charge on any atom is 0.309 e. The van der Waals surface area contributed by atoms with Crippen molar-refractivity contribution >= 4 is 40.7 Å². The lowest BCUT2D eigenvalue weighted by atomic mass is 11.2. The molecular formula is C3H12N6OS2. The maximum atomic E-state index is 9.00. The van der Waals surface area contributed by atoms with Gasteiger partial charge in [0.15, 0.2) is 10.2 Å². The third-order valence-electron chi connectivity index (χ3n) is 0. The standard InChI is InChI=1S/CH4N2O.2CH4N2S/c3*2-1(3)4/h3*(H4,2,3,4). The molecule has 0 aromatic rings. The largest absolute Gasteiger partial charge is 0.377 e. The Labute approximate surface area is 80.4 Å². The van der Waals surface area contributed by atoms with E-state index in [1.807, 2.05) is 0 Å². The summed E-state index contributed by atoms with van der Waals surface area (Å²) >= 11 is 8.19. The number of hydrogen-bond acceptors (Lipinski definition) is 3. The molecule has 0 aliphatic rings. The van der Waals surface area contributed by atoms with Gasteiger partial charge >= 0.3 is 6.03 Å². The van der Waals surface area contributed by atoms with E-state index >= 15 is 0 Å². The number of nitrogens with two attached hydrogens (primary N) is 6. The molecule has 0 aliphatic carbocycles. The second-order valence-corrected chi connectivity index (χ2v) is 2.15. The van der Waals surface area contributed by atoms with E-state index in [-0.39, 0.29) is 10.2 Å². The minimum absolute atomic E-state index is 0.000000000000000222. The molecule has 2 amide bonds. The molecule has 0 saturated heterocycles. The fraction of sp³-hybridized carbons (Fsp3) is 0. The molecule has 7 nitrogen and oxygen atoms in total. The Morgan fingerprint density at radius 1 is 0.750 bits per heavy atom. The average molecular weight is 212 g/mol. The van der Waals surface area contributed by atoms with Gasteiger partial charge in [0.25, 0.3) is 0 Å². The molecule has 9 heteroatoms. The third kappa shape index (κ3) is 278. The summed E-state index contributed by atoms with van der Waals surface area (Å²) in [5, 5.41) is 0.000000000000000444. The van der Waals surface area contributed by atoms with Gasteiger partial charge in [-0.05, 0) is 24.4 Å². The number of primary amides is 2. The molecule has 0 saturated carbocycles. The van der Waals surface area contributed by atoms with Gasteiger partial charge in [-0.25, -0.2) is 4.79 Å². The summed E-state index contributed by atoms with van der Waals surface area (Å²) in [6, 6.07) is -0.833. The fourth-order valence-corrected chi connectivity index (χ4v) is 0. The highest BCUT2D eigenvalue weighted by Crippen LogP contribution is 1.33. The van der Waals surface area contributed by atoms with Gasteiger partial charge in [-0.15, -0.1) is 0 Å². The minimum Gasteiger partial charge on any atom is -0.377 e. The van der Waals surface area contributed by atoms with E-state index < -0.39 is 6.03 Å². The van der Waals surface area contributed by atoms with Crippen molar-refractivity contribution in [3.8, 4) is 0 Å². The second kappa shape index (κ2) is 12.3. The monoisotopic (exact) mass is 212 g/mol. The molecule has 0 fully saturated rings. The van der Waals surface area contributed by atoms with Crippen molar-refractivity contribution in [3.63, 3.8) is 0 Å². The van der Waals surface area contributed by atoms with E-state index in [4.69, 9.17) is 4.79 Å². The fourth-order valence-electron chi connectivity index (χ4n) is 0. The average Bonchev–Trinajstić information content (AvgIpc) is 1.54. The van der Waals surface area contributed by atoms with Crippen molar-refractivity contribution in [1.82, 2.24) is 0 Å². The Balaban J connectivity index is -0.000000101. The first kappa shape index (κ1) is 16.9. The lowest BCUT2D eigenvalue weighted by Gasteiger charge is -1.68. The van der Waals surface area contributed by atoms with E-state index in [9.17, 15) is 0 Å². The number of thiocarbonyl (C=S) groups is 2. The molecule has 0 aliphatic heterocycles. The van der Waals surface area contributed by atoms with Crippen LogP contribution in [0.15, 0.2) is 0 Å². The van der Waals surface area contributed by atoms with Crippen molar-refractivity contribution in [2.24, 2.45) is 34.4 Å². The summed E-state index contributed by atoms with van der Waals surface area (Å²) in [6.07, 6.45) is 0. The first-order valence-corrected chi connectivity index (χ1v) is 3.16. The number of urea groups is 1. The molecule has 0 spiro atoms. The van der Waals surface area contributed by atoms with Crippen LogP contribution < -0.4 is 34.4 Å². The molecule has 72 valence electrons. The number of hydrogen-bond donors (Lipinski definition) is 6. The van der Waals surface area contributed by atoms with Crippen molar-refractivity contribution < 1.29 is 4.79 Å². The normalized spacial score (nSPS) is 6.00. The molecule has 0 bridgehead atoms. The molecule has 0 unspecified atom stereocenters. The summed E-state index contributed by atoms with van der Waals surface area (Å²) in [4.78, 5) is 9.00. The SMILES string of the molecule is NC(N)=O.NC(N)=S.NC(N)=S. The van der Waals surface area contributed by atoms with Crippen LogP contribution in [0.4, 0.5) is 4.79 Å². The van der Waals surface area contributed by atoms with Gasteiger partial charge in [-0.3, -0.25) is 0 Å². The van der Waals surface area contributed by atoms with Crippen LogP contribution in [0.1, 0.15) is 0 Å². The van der Waals surface area contributed by atoms with Crippen molar-refractivity contribution in [1.29, 1.82) is 0 Å². The molecule has 0 heterocycles. The van der Waals surface area contributed by atoms with Crippen LogP contribution in [0.2, 0.25) is 0 Å². The van der Waals surface area contributed by atoms with Gasteiger partial charge in [0.2, 0.25) is 0 Å². The first-order valence-electron chi connectivity index (χ1n) is 2.34. The van der Waals surface area contributed by atoms with Crippen LogP contribution in [-0.2, 0) is 0 Å². The molecule has 12 N–H and O–H groups in total. The van der Waals surface area contributed by atoms with E-state index in [0.29, 0.717) is 0 Å². The van der Waals surface area contributed by atoms with Gasteiger partial charge in [0.05, 0.1) is 0 Å². The zero-order valence-electron chi connectivity index (χ0n) is 6.19. The van der Waals surface area contributed by atoms with Crippen LogP contribution in [0.25, 0.3) is 0 Å². The minimum atomic E-state index is -0.833. The predicted molar refractivity (Wildman–Crippen MR) is 55.7 cm³/mol.